The maximum absolute atomic E-state index is 13.4. The third-order valence-electron chi connectivity index (χ3n) is 7.20. The van der Waals surface area contributed by atoms with Crippen molar-refractivity contribution in [3.8, 4) is 5.75 Å². The highest BCUT2D eigenvalue weighted by Gasteiger charge is 2.54. The number of hydrogen-bond acceptors (Lipinski definition) is 8. The predicted molar refractivity (Wildman–Crippen MR) is 129 cm³/mol. The van der Waals surface area contributed by atoms with E-state index in [4.69, 9.17) is 9.72 Å². The Bertz CT molecular complexity index is 1000. The van der Waals surface area contributed by atoms with Crippen LogP contribution in [0, 0.1) is 0 Å². The summed E-state index contributed by atoms with van der Waals surface area (Å²) in [5.41, 5.74) is 0.413. The van der Waals surface area contributed by atoms with E-state index in [0.717, 1.165) is 76.8 Å². The van der Waals surface area contributed by atoms with Crippen molar-refractivity contribution in [2.75, 3.05) is 41.3 Å². The van der Waals surface area contributed by atoms with Gasteiger partial charge in [-0.25, -0.2) is 9.97 Å². The second-order valence-corrected chi connectivity index (χ2v) is 9.21. The Morgan fingerprint density at radius 3 is 2.52 bits per heavy atom. The first-order chi connectivity index (χ1) is 15.7. The molecule has 2 aliphatic carbocycles. The number of nitrogens with one attached hydrogen (secondary N) is 2. The molecule has 2 saturated carbocycles. The number of nitrogens with zero attached hydrogens (tertiary/aromatic N) is 5. The SMILES string of the molecule is Cl.O=C1N(C2CCCC2)c2nc(Nc3ccc(N4CCNCC4)cn3)ncc2OC12CCC2. The standard InChI is InChI=1S/C23H29N7O2.ClH/c31-21-23(8-3-9-23)32-18-15-26-22(28-20(18)30(21)16-4-1-2-5-16)27-19-7-6-17(14-25-19)29-12-10-24-11-13-29;/h6-7,14-16,24H,1-5,8-13H2,(H,25,26,27,28);1H. The molecule has 1 amide bonds. The van der Waals surface area contributed by atoms with Gasteiger partial charge in [-0.1, -0.05) is 12.8 Å². The molecule has 10 heteroatoms. The molecule has 2 aromatic rings. The maximum atomic E-state index is 13.4. The predicted octanol–water partition coefficient (Wildman–Crippen LogP) is 3.04. The van der Waals surface area contributed by atoms with Gasteiger partial charge in [0.1, 0.15) is 5.82 Å². The summed E-state index contributed by atoms with van der Waals surface area (Å²) in [6, 6.07) is 4.21. The average Bonchev–Trinajstić information content (AvgIpc) is 3.33. The first-order valence-electron chi connectivity index (χ1n) is 11.8. The number of carbonyl (C=O) groups excluding carboxylic acids is 1. The summed E-state index contributed by atoms with van der Waals surface area (Å²) in [5.74, 6) is 2.38. The number of piperazine rings is 1. The number of ether oxygens (including phenoxy) is 1. The van der Waals surface area contributed by atoms with Gasteiger partial charge in [0.25, 0.3) is 5.91 Å². The van der Waals surface area contributed by atoms with Crippen LogP contribution in [0.3, 0.4) is 0 Å². The molecule has 33 heavy (non-hydrogen) atoms. The number of aromatic nitrogens is 3. The van der Waals surface area contributed by atoms with Crippen molar-refractivity contribution in [2.24, 2.45) is 0 Å². The Hall–Kier alpha value is -2.65. The van der Waals surface area contributed by atoms with E-state index in [9.17, 15) is 4.79 Å². The van der Waals surface area contributed by atoms with Gasteiger partial charge < -0.3 is 20.3 Å². The molecule has 9 nitrogen and oxygen atoms in total. The monoisotopic (exact) mass is 471 g/mol. The zero-order valence-electron chi connectivity index (χ0n) is 18.6. The highest BCUT2D eigenvalue weighted by molar-refractivity contribution is 6.03. The van der Waals surface area contributed by atoms with E-state index >= 15 is 0 Å². The number of fused-ring (bicyclic) bond motifs is 1. The van der Waals surface area contributed by atoms with Gasteiger partial charge in [-0.15, -0.1) is 12.4 Å². The largest absolute Gasteiger partial charge is 0.472 e. The van der Waals surface area contributed by atoms with Crippen LogP contribution in [0.15, 0.2) is 24.5 Å². The van der Waals surface area contributed by atoms with Crippen LogP contribution in [0.5, 0.6) is 5.75 Å². The van der Waals surface area contributed by atoms with Crippen LogP contribution in [0.4, 0.5) is 23.3 Å². The topological polar surface area (TPSA) is 95.5 Å². The molecule has 1 spiro atoms. The van der Waals surface area contributed by atoms with Crippen molar-refractivity contribution in [1.29, 1.82) is 0 Å². The highest BCUT2D eigenvalue weighted by atomic mass is 35.5. The van der Waals surface area contributed by atoms with Gasteiger partial charge in [0.15, 0.2) is 17.2 Å². The van der Waals surface area contributed by atoms with Crippen LogP contribution < -0.4 is 25.2 Å². The number of carbonyl (C=O) groups is 1. The quantitative estimate of drug-likeness (QED) is 0.702. The van der Waals surface area contributed by atoms with Crippen LogP contribution in [-0.4, -0.2) is 58.7 Å². The third-order valence-corrected chi connectivity index (χ3v) is 7.20. The summed E-state index contributed by atoms with van der Waals surface area (Å²) in [7, 11) is 0. The summed E-state index contributed by atoms with van der Waals surface area (Å²) >= 11 is 0. The van der Waals surface area contributed by atoms with Gasteiger partial charge in [0.05, 0.1) is 18.1 Å². The number of amides is 1. The maximum Gasteiger partial charge on any atom is 0.272 e. The number of halogens is 1. The van der Waals surface area contributed by atoms with Gasteiger partial charge in [0.2, 0.25) is 5.95 Å². The number of hydrogen-bond donors (Lipinski definition) is 2. The summed E-state index contributed by atoms with van der Waals surface area (Å²) in [6.07, 6.45) is 10.5. The van der Waals surface area contributed by atoms with Crippen molar-refractivity contribution in [1.82, 2.24) is 20.3 Å². The molecule has 176 valence electrons. The average molecular weight is 472 g/mol. The zero-order chi connectivity index (χ0) is 21.5. The lowest BCUT2D eigenvalue weighted by Crippen LogP contribution is -2.62. The molecule has 0 radical (unpaired) electrons. The summed E-state index contributed by atoms with van der Waals surface area (Å²) in [6.45, 7) is 3.94. The zero-order valence-corrected chi connectivity index (χ0v) is 19.4. The number of anilines is 4. The number of pyridine rings is 1. The van der Waals surface area contributed by atoms with Crippen LogP contribution in [0.1, 0.15) is 44.9 Å². The molecule has 2 aromatic heterocycles. The smallest absolute Gasteiger partial charge is 0.272 e. The van der Waals surface area contributed by atoms with E-state index in [0.29, 0.717) is 23.3 Å². The van der Waals surface area contributed by atoms with Crippen molar-refractivity contribution < 1.29 is 9.53 Å². The molecule has 6 rings (SSSR count). The van der Waals surface area contributed by atoms with E-state index in [1.165, 1.54) is 0 Å². The molecular formula is C23H30ClN7O2. The summed E-state index contributed by atoms with van der Waals surface area (Å²) in [4.78, 5) is 31.4. The van der Waals surface area contributed by atoms with Gasteiger partial charge in [-0.05, 0) is 44.2 Å². The van der Waals surface area contributed by atoms with E-state index in [1.54, 1.807) is 6.20 Å². The fourth-order valence-corrected chi connectivity index (χ4v) is 5.24. The molecule has 2 aliphatic heterocycles. The highest BCUT2D eigenvalue weighted by Crippen LogP contribution is 2.47. The van der Waals surface area contributed by atoms with Gasteiger partial charge in [-0.3, -0.25) is 9.69 Å². The van der Waals surface area contributed by atoms with Gasteiger partial charge in [-0.2, -0.15) is 4.98 Å². The Morgan fingerprint density at radius 1 is 1.06 bits per heavy atom. The normalized spacial score (nSPS) is 21.8. The van der Waals surface area contributed by atoms with Crippen molar-refractivity contribution in [3.05, 3.63) is 24.5 Å². The molecule has 0 unspecified atom stereocenters. The Kier molecular flexibility index (Phi) is 6.01. The molecule has 3 fully saturated rings. The fourth-order valence-electron chi connectivity index (χ4n) is 5.24. The minimum atomic E-state index is -0.699. The number of rotatable bonds is 4. The lowest BCUT2D eigenvalue weighted by Gasteiger charge is -2.48. The Labute approximate surface area is 199 Å². The van der Waals surface area contributed by atoms with Gasteiger partial charge in [0, 0.05) is 32.2 Å². The first kappa shape index (κ1) is 22.2. The summed E-state index contributed by atoms with van der Waals surface area (Å²) in [5, 5.41) is 6.56. The lowest BCUT2D eigenvalue weighted by atomic mass is 9.77. The molecular weight excluding hydrogens is 442 g/mol. The molecule has 4 aliphatic rings. The Balaban J connectivity index is 0.00000228. The Morgan fingerprint density at radius 2 is 1.85 bits per heavy atom. The van der Waals surface area contributed by atoms with Crippen LogP contribution >= 0.6 is 12.4 Å². The fraction of sp³-hybridized carbons (Fsp3) is 0.565. The second-order valence-electron chi connectivity index (χ2n) is 9.21. The van der Waals surface area contributed by atoms with E-state index in [2.05, 4.69) is 31.6 Å². The van der Waals surface area contributed by atoms with Crippen LogP contribution in [-0.2, 0) is 4.79 Å². The van der Waals surface area contributed by atoms with Gasteiger partial charge >= 0.3 is 0 Å². The lowest BCUT2D eigenvalue weighted by molar-refractivity contribution is -0.144. The van der Waals surface area contributed by atoms with Crippen LogP contribution in [0.25, 0.3) is 0 Å². The van der Waals surface area contributed by atoms with E-state index < -0.39 is 5.60 Å². The van der Waals surface area contributed by atoms with Crippen molar-refractivity contribution in [3.63, 3.8) is 0 Å². The summed E-state index contributed by atoms with van der Waals surface area (Å²) < 4.78 is 6.18. The van der Waals surface area contributed by atoms with Crippen molar-refractivity contribution in [2.45, 2.75) is 56.6 Å². The van der Waals surface area contributed by atoms with E-state index in [1.807, 2.05) is 17.2 Å². The first-order valence-corrected chi connectivity index (χ1v) is 11.8. The molecule has 0 aromatic carbocycles. The second kappa shape index (κ2) is 8.95. The van der Waals surface area contributed by atoms with Crippen molar-refractivity contribution >= 4 is 41.6 Å². The minimum Gasteiger partial charge on any atom is -0.472 e. The molecule has 1 saturated heterocycles. The minimum absolute atomic E-state index is 0. The van der Waals surface area contributed by atoms with E-state index in [-0.39, 0.29) is 24.4 Å². The third kappa shape index (κ3) is 3.97. The molecule has 0 bridgehead atoms. The molecule has 2 N–H and O–H groups in total. The van der Waals surface area contributed by atoms with Crippen LogP contribution in [0.2, 0.25) is 0 Å². The molecule has 4 heterocycles. The molecule has 0 atom stereocenters.